The molecule has 0 fully saturated rings. The van der Waals surface area contributed by atoms with E-state index in [9.17, 15) is 0 Å². The highest BCUT2D eigenvalue weighted by Crippen LogP contribution is 2.27. The molecule has 0 saturated carbocycles. The van der Waals surface area contributed by atoms with Crippen LogP contribution < -0.4 is 5.73 Å². The number of nitrogens with two attached hydrogens (primary N) is 1. The van der Waals surface area contributed by atoms with Gasteiger partial charge in [0.2, 0.25) is 0 Å². The number of para-hydroxylation sites is 1. The Hall–Kier alpha value is -1.28. The number of benzene rings is 1. The summed E-state index contributed by atoms with van der Waals surface area (Å²) in [6.45, 7) is 6.15. The fraction of sp³-hybridized carbons (Fsp3) is 0.429. The van der Waals surface area contributed by atoms with Gasteiger partial charge >= 0.3 is 0 Å². The molecule has 2 N–H and O–H groups in total. The van der Waals surface area contributed by atoms with E-state index in [1.54, 1.807) is 0 Å². The first kappa shape index (κ1) is 11.2. The first-order valence-corrected chi connectivity index (χ1v) is 5.73. The average Bonchev–Trinajstić information content (AvgIpc) is 2.49. The zero-order valence-corrected chi connectivity index (χ0v) is 10.2. The van der Waals surface area contributed by atoms with Crippen LogP contribution in [0.25, 0.3) is 11.0 Å². The van der Waals surface area contributed by atoms with Gasteiger partial charge in [-0.05, 0) is 39.7 Å². The van der Waals surface area contributed by atoms with Crippen LogP contribution in [0.4, 0.5) is 0 Å². The van der Waals surface area contributed by atoms with Gasteiger partial charge in [0, 0.05) is 16.5 Å². The molecule has 1 heterocycles. The molecule has 0 atom stereocenters. The molecule has 0 aliphatic heterocycles. The number of hydrogen-bond acceptors (Lipinski definition) is 2. The zero-order chi connectivity index (χ0) is 11.8. The topological polar surface area (TPSA) is 39.2 Å². The Morgan fingerprint density at radius 1 is 1.25 bits per heavy atom. The minimum Gasteiger partial charge on any atom is -0.461 e. The Morgan fingerprint density at radius 3 is 2.62 bits per heavy atom. The third kappa shape index (κ3) is 2.27. The smallest absolute Gasteiger partial charge is 0.134 e. The number of aryl methyl sites for hydroxylation is 2. The van der Waals surface area contributed by atoms with Gasteiger partial charge in [0.25, 0.3) is 0 Å². The minimum absolute atomic E-state index is 0.120. The van der Waals surface area contributed by atoms with E-state index in [1.165, 1.54) is 10.9 Å². The molecule has 0 amide bonds. The second kappa shape index (κ2) is 3.95. The summed E-state index contributed by atoms with van der Waals surface area (Å²) in [6.07, 6.45) is 1.95. The Balaban J connectivity index is 2.33. The molecule has 0 saturated heterocycles. The van der Waals surface area contributed by atoms with Gasteiger partial charge in [0.05, 0.1) is 0 Å². The SMILES string of the molecule is Cc1oc2ccccc2c1CCC(C)(C)N. The Labute approximate surface area is 96.4 Å². The lowest BCUT2D eigenvalue weighted by atomic mass is 9.95. The Kier molecular flexibility index (Phi) is 2.76. The molecule has 0 unspecified atom stereocenters. The fourth-order valence-corrected chi connectivity index (χ4v) is 1.98. The van der Waals surface area contributed by atoms with Crippen molar-refractivity contribution in [3.63, 3.8) is 0 Å². The lowest BCUT2D eigenvalue weighted by molar-refractivity contribution is 0.473. The van der Waals surface area contributed by atoms with Crippen LogP contribution in [0, 0.1) is 6.92 Å². The molecule has 2 aromatic rings. The molecule has 0 aliphatic rings. The van der Waals surface area contributed by atoms with E-state index < -0.39 is 0 Å². The number of hydrogen-bond donors (Lipinski definition) is 1. The third-order valence-electron chi connectivity index (χ3n) is 2.92. The van der Waals surface area contributed by atoms with E-state index in [0.717, 1.165) is 24.2 Å². The molecule has 2 nitrogen and oxygen atoms in total. The number of rotatable bonds is 3. The second-order valence-electron chi connectivity index (χ2n) is 5.12. The molecule has 2 rings (SSSR count). The number of fused-ring (bicyclic) bond motifs is 1. The molecule has 1 aromatic carbocycles. The van der Waals surface area contributed by atoms with Crippen LogP contribution in [0.3, 0.4) is 0 Å². The second-order valence-corrected chi connectivity index (χ2v) is 5.12. The van der Waals surface area contributed by atoms with Crippen LogP contribution in [-0.2, 0) is 6.42 Å². The van der Waals surface area contributed by atoms with Crippen LogP contribution in [0.5, 0.6) is 0 Å². The molecule has 16 heavy (non-hydrogen) atoms. The molecule has 0 aliphatic carbocycles. The average molecular weight is 217 g/mol. The molecule has 1 aromatic heterocycles. The number of furan rings is 1. The maximum atomic E-state index is 6.02. The zero-order valence-electron chi connectivity index (χ0n) is 10.2. The summed E-state index contributed by atoms with van der Waals surface area (Å²) in [6, 6.07) is 8.18. The van der Waals surface area contributed by atoms with Gasteiger partial charge < -0.3 is 10.2 Å². The normalized spacial score (nSPS) is 12.2. The largest absolute Gasteiger partial charge is 0.461 e. The van der Waals surface area contributed by atoms with Crippen molar-refractivity contribution in [3.05, 3.63) is 35.6 Å². The summed E-state index contributed by atoms with van der Waals surface area (Å²) < 4.78 is 5.72. The molecule has 2 heteroatoms. The van der Waals surface area contributed by atoms with E-state index in [1.807, 2.05) is 25.1 Å². The van der Waals surface area contributed by atoms with E-state index in [0.29, 0.717) is 0 Å². The van der Waals surface area contributed by atoms with Crippen LogP contribution in [0.15, 0.2) is 28.7 Å². The Morgan fingerprint density at radius 2 is 1.94 bits per heavy atom. The van der Waals surface area contributed by atoms with Crippen LogP contribution >= 0.6 is 0 Å². The summed E-state index contributed by atoms with van der Waals surface area (Å²) >= 11 is 0. The summed E-state index contributed by atoms with van der Waals surface area (Å²) in [7, 11) is 0. The van der Waals surface area contributed by atoms with Crippen molar-refractivity contribution < 1.29 is 4.42 Å². The fourth-order valence-electron chi connectivity index (χ4n) is 1.98. The van der Waals surface area contributed by atoms with Gasteiger partial charge in [-0.1, -0.05) is 18.2 Å². The van der Waals surface area contributed by atoms with Crippen molar-refractivity contribution >= 4 is 11.0 Å². The molecular formula is C14H19NO. The lowest BCUT2D eigenvalue weighted by Gasteiger charge is -2.17. The van der Waals surface area contributed by atoms with E-state index in [-0.39, 0.29) is 5.54 Å². The molecule has 0 radical (unpaired) electrons. The lowest BCUT2D eigenvalue weighted by Crippen LogP contribution is -2.32. The van der Waals surface area contributed by atoms with Crippen molar-refractivity contribution in [2.24, 2.45) is 5.73 Å². The quantitative estimate of drug-likeness (QED) is 0.855. The highest BCUT2D eigenvalue weighted by Gasteiger charge is 2.15. The predicted octanol–water partition coefficient (Wildman–Crippen LogP) is 3.41. The molecule has 0 bridgehead atoms. The van der Waals surface area contributed by atoms with Crippen molar-refractivity contribution in [1.29, 1.82) is 0 Å². The maximum absolute atomic E-state index is 6.02. The van der Waals surface area contributed by atoms with Gasteiger partial charge in [0.1, 0.15) is 11.3 Å². The third-order valence-corrected chi connectivity index (χ3v) is 2.92. The van der Waals surface area contributed by atoms with Gasteiger partial charge in [-0.3, -0.25) is 0 Å². The van der Waals surface area contributed by atoms with Crippen molar-refractivity contribution in [3.8, 4) is 0 Å². The summed E-state index contributed by atoms with van der Waals surface area (Å²) in [5.41, 5.74) is 8.17. The highest BCUT2D eigenvalue weighted by molar-refractivity contribution is 5.82. The minimum atomic E-state index is -0.120. The van der Waals surface area contributed by atoms with E-state index in [4.69, 9.17) is 10.2 Å². The Bertz CT molecular complexity index is 491. The highest BCUT2D eigenvalue weighted by atomic mass is 16.3. The standard InChI is InChI=1S/C14H19NO/c1-10-11(8-9-14(2,3)15)12-6-4-5-7-13(12)16-10/h4-7H,8-9,15H2,1-3H3. The molecular weight excluding hydrogens is 198 g/mol. The summed E-state index contributed by atoms with van der Waals surface area (Å²) in [5.74, 6) is 1.02. The maximum Gasteiger partial charge on any atom is 0.134 e. The molecule has 86 valence electrons. The van der Waals surface area contributed by atoms with Crippen LogP contribution in [-0.4, -0.2) is 5.54 Å². The molecule has 0 spiro atoms. The van der Waals surface area contributed by atoms with Gasteiger partial charge in [-0.25, -0.2) is 0 Å². The van der Waals surface area contributed by atoms with Crippen LogP contribution in [0.2, 0.25) is 0 Å². The first-order valence-electron chi connectivity index (χ1n) is 5.73. The van der Waals surface area contributed by atoms with Gasteiger partial charge in [0.15, 0.2) is 0 Å². The van der Waals surface area contributed by atoms with Crippen LogP contribution in [0.1, 0.15) is 31.6 Å². The monoisotopic (exact) mass is 217 g/mol. The van der Waals surface area contributed by atoms with Crippen molar-refractivity contribution in [2.45, 2.75) is 39.2 Å². The van der Waals surface area contributed by atoms with Crippen molar-refractivity contribution in [1.82, 2.24) is 0 Å². The van der Waals surface area contributed by atoms with Gasteiger partial charge in [-0.2, -0.15) is 0 Å². The summed E-state index contributed by atoms with van der Waals surface area (Å²) in [4.78, 5) is 0. The predicted molar refractivity (Wildman–Crippen MR) is 67.5 cm³/mol. The van der Waals surface area contributed by atoms with Gasteiger partial charge in [-0.15, -0.1) is 0 Å². The first-order chi connectivity index (χ1) is 7.47. The van der Waals surface area contributed by atoms with E-state index in [2.05, 4.69) is 19.9 Å². The van der Waals surface area contributed by atoms with E-state index >= 15 is 0 Å². The summed E-state index contributed by atoms with van der Waals surface area (Å²) in [5, 5.41) is 1.23. The van der Waals surface area contributed by atoms with Crippen molar-refractivity contribution in [2.75, 3.05) is 0 Å².